The molecule has 8 nitrogen and oxygen atoms in total. The van der Waals surface area contributed by atoms with Crippen molar-refractivity contribution in [3.63, 3.8) is 0 Å². The number of carbonyl (C=O) groups excluding carboxylic acids is 1. The second-order valence-electron chi connectivity index (χ2n) is 7.87. The lowest BCUT2D eigenvalue weighted by Gasteiger charge is -2.35. The van der Waals surface area contributed by atoms with Crippen molar-refractivity contribution >= 4 is 17.7 Å². The van der Waals surface area contributed by atoms with E-state index in [0.717, 1.165) is 29.8 Å². The summed E-state index contributed by atoms with van der Waals surface area (Å²) in [6.45, 7) is 7.79. The molecule has 1 aromatic carbocycles. The maximum Gasteiger partial charge on any atom is 0.258 e. The Labute approximate surface area is 169 Å². The summed E-state index contributed by atoms with van der Waals surface area (Å²) in [5.41, 5.74) is 3.48. The van der Waals surface area contributed by atoms with E-state index < -0.39 is 0 Å². The van der Waals surface area contributed by atoms with Crippen LogP contribution >= 0.6 is 0 Å². The summed E-state index contributed by atoms with van der Waals surface area (Å²) < 4.78 is 0. The quantitative estimate of drug-likeness (QED) is 0.711. The molecule has 29 heavy (non-hydrogen) atoms. The molecule has 0 radical (unpaired) electrons. The summed E-state index contributed by atoms with van der Waals surface area (Å²) in [6, 6.07) is 6.11. The van der Waals surface area contributed by atoms with Gasteiger partial charge in [-0.25, -0.2) is 0 Å². The number of anilines is 2. The van der Waals surface area contributed by atoms with E-state index in [4.69, 9.17) is 5.11 Å². The summed E-state index contributed by atoms with van der Waals surface area (Å²) in [6.07, 6.45) is 0.237. The monoisotopic (exact) mass is 397 g/mol. The van der Waals surface area contributed by atoms with Crippen molar-refractivity contribution in [2.45, 2.75) is 26.2 Å². The maximum absolute atomic E-state index is 13.1. The molecule has 3 N–H and O–H groups in total. The predicted molar refractivity (Wildman–Crippen MR) is 112 cm³/mol. The molecule has 0 aliphatic carbocycles. The number of hydrogen-bond acceptors (Lipinski definition) is 6. The van der Waals surface area contributed by atoms with Crippen molar-refractivity contribution in [1.82, 2.24) is 14.9 Å². The van der Waals surface area contributed by atoms with Gasteiger partial charge in [0.05, 0.1) is 12.2 Å². The molecular weight excluding hydrogens is 370 g/mol. The number of rotatable bonds is 4. The Morgan fingerprint density at radius 2 is 1.93 bits per heavy atom. The fraction of sp³-hybridized carbons (Fsp3) is 0.476. The van der Waals surface area contributed by atoms with Gasteiger partial charge in [0.1, 0.15) is 5.82 Å². The predicted octanol–water partition coefficient (Wildman–Crippen LogP) is 0.975. The van der Waals surface area contributed by atoms with Crippen LogP contribution in [0, 0.1) is 13.8 Å². The molecule has 1 aromatic heterocycles. The molecular formula is C21H27N5O3. The first-order valence-electron chi connectivity index (χ1n) is 10.1. The summed E-state index contributed by atoms with van der Waals surface area (Å²) in [4.78, 5) is 37.2. The van der Waals surface area contributed by atoms with Gasteiger partial charge in [0.15, 0.2) is 0 Å². The van der Waals surface area contributed by atoms with Crippen LogP contribution in [0.25, 0.3) is 0 Å². The molecule has 0 spiro atoms. The maximum atomic E-state index is 13.1. The van der Waals surface area contributed by atoms with E-state index in [9.17, 15) is 9.59 Å². The Kier molecular flexibility index (Phi) is 5.38. The third-order valence-electron chi connectivity index (χ3n) is 5.84. The summed E-state index contributed by atoms with van der Waals surface area (Å²) in [5, 5.41) is 11.9. The lowest BCUT2D eigenvalue weighted by Crippen LogP contribution is -2.48. The highest BCUT2D eigenvalue weighted by atomic mass is 16.3. The second kappa shape index (κ2) is 7.96. The minimum Gasteiger partial charge on any atom is -0.395 e. The molecule has 1 atom stereocenters. The Balaban J connectivity index is 1.68. The van der Waals surface area contributed by atoms with Crippen LogP contribution in [0.15, 0.2) is 23.0 Å². The second-order valence-corrected chi connectivity index (χ2v) is 7.87. The Bertz CT molecular complexity index is 979. The third-order valence-corrected chi connectivity index (χ3v) is 5.84. The number of aromatic amines is 1. The topological polar surface area (TPSA) is 102 Å². The molecule has 3 heterocycles. The van der Waals surface area contributed by atoms with E-state index in [2.05, 4.69) is 26.3 Å². The minimum atomic E-state index is -0.301. The highest BCUT2D eigenvalue weighted by molar-refractivity contribution is 5.94. The van der Waals surface area contributed by atoms with Gasteiger partial charge in [-0.1, -0.05) is 23.8 Å². The van der Waals surface area contributed by atoms with Crippen LogP contribution in [0.3, 0.4) is 0 Å². The Morgan fingerprint density at radius 1 is 1.17 bits per heavy atom. The van der Waals surface area contributed by atoms with Gasteiger partial charge >= 0.3 is 0 Å². The van der Waals surface area contributed by atoms with Gasteiger partial charge in [-0.05, 0) is 25.0 Å². The first kappa shape index (κ1) is 19.6. The first-order valence-corrected chi connectivity index (χ1v) is 10.1. The van der Waals surface area contributed by atoms with Crippen LogP contribution in [0.1, 0.15) is 34.6 Å². The van der Waals surface area contributed by atoms with Crippen LogP contribution in [-0.4, -0.2) is 65.2 Å². The number of fused-ring (bicyclic) bond motifs is 1. The number of hydrogen-bond donors (Lipinski definition) is 3. The number of aromatic nitrogens is 2. The average Bonchev–Trinajstić information content (AvgIpc) is 2.69. The molecule has 1 fully saturated rings. The number of carbonyl (C=O) groups is 1. The molecule has 2 aliphatic rings. The van der Waals surface area contributed by atoms with Crippen LogP contribution < -0.4 is 15.8 Å². The molecule has 4 rings (SSSR count). The van der Waals surface area contributed by atoms with Gasteiger partial charge in [0.25, 0.3) is 5.56 Å². The van der Waals surface area contributed by atoms with E-state index in [1.54, 1.807) is 0 Å². The number of aliphatic hydroxyl groups excluding tert-OH is 1. The standard InChI is InChI=1S/C21H27N5O3/c1-13-3-4-14(2)15(11-13)16-12-17(28)22-19-18(16)20(29)24-21(23-19)26-7-5-25(6-8-26)9-10-27/h3-4,11,16,27H,5-10,12H2,1-2H3,(H2,22,23,24,28,29). The van der Waals surface area contributed by atoms with Gasteiger partial charge in [0.2, 0.25) is 11.9 Å². The van der Waals surface area contributed by atoms with Crippen LogP contribution in [0.5, 0.6) is 0 Å². The molecule has 0 bridgehead atoms. The zero-order chi connectivity index (χ0) is 20.5. The van der Waals surface area contributed by atoms with Crippen LogP contribution in [0.4, 0.5) is 11.8 Å². The number of aliphatic hydroxyl groups is 1. The van der Waals surface area contributed by atoms with Crippen molar-refractivity contribution in [2.75, 3.05) is 49.5 Å². The Hall–Kier alpha value is -2.71. The molecule has 1 amide bonds. The van der Waals surface area contributed by atoms with E-state index in [1.165, 1.54) is 0 Å². The number of nitrogens with one attached hydrogen (secondary N) is 2. The molecule has 154 valence electrons. The van der Waals surface area contributed by atoms with E-state index in [1.807, 2.05) is 30.9 Å². The third kappa shape index (κ3) is 3.90. The molecule has 1 unspecified atom stereocenters. The summed E-state index contributed by atoms with van der Waals surface area (Å²) >= 11 is 0. The van der Waals surface area contributed by atoms with Gasteiger partial charge in [-0.3, -0.25) is 19.5 Å². The number of aryl methyl sites for hydroxylation is 2. The lowest BCUT2D eigenvalue weighted by molar-refractivity contribution is -0.116. The Morgan fingerprint density at radius 3 is 2.66 bits per heavy atom. The van der Waals surface area contributed by atoms with E-state index >= 15 is 0 Å². The number of H-pyrrole nitrogens is 1. The van der Waals surface area contributed by atoms with E-state index in [0.29, 0.717) is 37.0 Å². The number of β-amino-alcohol motifs (C(OH)–C–C–N with tert-alkyl or cyclic N) is 1. The zero-order valence-electron chi connectivity index (χ0n) is 16.9. The van der Waals surface area contributed by atoms with Crippen molar-refractivity contribution in [1.29, 1.82) is 0 Å². The first-order chi connectivity index (χ1) is 14.0. The van der Waals surface area contributed by atoms with Crippen molar-refractivity contribution in [3.8, 4) is 0 Å². The molecule has 8 heteroatoms. The van der Waals surface area contributed by atoms with Gasteiger partial charge in [-0.15, -0.1) is 0 Å². The SMILES string of the molecule is Cc1ccc(C)c(C2CC(=O)Nc3nc(N4CCN(CCO)CC4)[nH]c(=O)c32)c1. The molecule has 2 aliphatic heterocycles. The van der Waals surface area contributed by atoms with Crippen molar-refractivity contribution in [3.05, 3.63) is 50.8 Å². The summed E-state index contributed by atoms with van der Waals surface area (Å²) in [7, 11) is 0. The fourth-order valence-electron chi connectivity index (χ4n) is 4.23. The van der Waals surface area contributed by atoms with Crippen molar-refractivity contribution < 1.29 is 9.90 Å². The van der Waals surface area contributed by atoms with Crippen molar-refractivity contribution in [2.24, 2.45) is 0 Å². The number of piperazine rings is 1. The number of nitrogens with zero attached hydrogens (tertiary/aromatic N) is 3. The zero-order valence-corrected chi connectivity index (χ0v) is 16.9. The minimum absolute atomic E-state index is 0.125. The smallest absolute Gasteiger partial charge is 0.258 e. The normalized spacial score (nSPS) is 19.8. The largest absolute Gasteiger partial charge is 0.395 e. The van der Waals surface area contributed by atoms with Gasteiger partial charge in [-0.2, -0.15) is 4.98 Å². The summed E-state index contributed by atoms with van der Waals surface area (Å²) in [5.74, 6) is 0.425. The molecule has 1 saturated heterocycles. The molecule has 2 aromatic rings. The molecule has 0 saturated carbocycles. The highest BCUT2D eigenvalue weighted by Crippen LogP contribution is 2.36. The highest BCUT2D eigenvalue weighted by Gasteiger charge is 2.32. The van der Waals surface area contributed by atoms with Crippen LogP contribution in [-0.2, 0) is 4.79 Å². The van der Waals surface area contributed by atoms with Gasteiger partial charge in [0, 0.05) is 45.1 Å². The average molecular weight is 397 g/mol. The lowest BCUT2D eigenvalue weighted by atomic mass is 9.84. The number of benzene rings is 1. The fourth-order valence-corrected chi connectivity index (χ4v) is 4.23. The van der Waals surface area contributed by atoms with E-state index in [-0.39, 0.29) is 30.4 Å². The number of amides is 1. The van der Waals surface area contributed by atoms with Crippen LogP contribution in [0.2, 0.25) is 0 Å². The van der Waals surface area contributed by atoms with Gasteiger partial charge < -0.3 is 15.3 Å².